The normalized spacial score (nSPS) is 13.7. The van der Waals surface area contributed by atoms with Crippen LogP contribution < -0.4 is 26.4 Å². The monoisotopic (exact) mass is 567 g/mol. The summed E-state index contributed by atoms with van der Waals surface area (Å²) in [6.07, 6.45) is 3.87. The first-order valence-corrected chi connectivity index (χ1v) is 14.1. The van der Waals surface area contributed by atoms with Gasteiger partial charge in [-0.25, -0.2) is 19.4 Å². The minimum atomic E-state index is -0.303. The molecule has 5 N–H and O–H groups in total. The molecule has 12 nitrogen and oxygen atoms in total. The summed E-state index contributed by atoms with van der Waals surface area (Å²) in [6.45, 7) is 5.59. The largest absolute Gasteiger partial charge is 0.489 e. The number of urea groups is 1. The Balaban J connectivity index is 1.33. The molecule has 5 aromatic rings. The molecule has 0 bridgehead atoms. The quantitative estimate of drug-likeness (QED) is 0.202. The number of pyridine rings is 1. The second-order valence-electron chi connectivity index (χ2n) is 10.2. The van der Waals surface area contributed by atoms with Gasteiger partial charge in [0.25, 0.3) is 0 Å². The Kier molecular flexibility index (Phi) is 7.95. The van der Waals surface area contributed by atoms with Gasteiger partial charge in [0, 0.05) is 24.3 Å². The summed E-state index contributed by atoms with van der Waals surface area (Å²) >= 11 is 0. The molecule has 2 amide bonds. The summed E-state index contributed by atoms with van der Waals surface area (Å²) in [5, 5.41) is 17.0. The Morgan fingerprint density at radius 1 is 1.12 bits per heavy atom. The first kappa shape index (κ1) is 27.2. The van der Waals surface area contributed by atoms with Gasteiger partial charge < -0.3 is 31.0 Å². The van der Waals surface area contributed by atoms with Crippen molar-refractivity contribution < 1.29 is 14.2 Å². The maximum atomic E-state index is 12.6. The number of benzene rings is 2. The van der Waals surface area contributed by atoms with Crippen molar-refractivity contribution in [2.75, 3.05) is 30.7 Å². The number of nitrogen functional groups attached to an aromatic ring is 1. The predicted octanol–water partition coefficient (Wildman–Crippen LogP) is 4.45. The highest BCUT2D eigenvalue weighted by molar-refractivity contribution is 5.97. The molecule has 3 aromatic heterocycles. The van der Waals surface area contributed by atoms with Crippen molar-refractivity contribution in [3.63, 3.8) is 0 Å². The van der Waals surface area contributed by atoms with Gasteiger partial charge in [0.05, 0.1) is 18.5 Å². The highest BCUT2D eigenvalue weighted by atomic mass is 16.6. The average Bonchev–Trinajstić information content (AvgIpc) is 3.63. The third kappa shape index (κ3) is 5.75. The lowest BCUT2D eigenvalue weighted by Gasteiger charge is -2.23. The molecule has 1 saturated heterocycles. The van der Waals surface area contributed by atoms with Gasteiger partial charge in [-0.15, -0.1) is 0 Å². The lowest BCUT2D eigenvalue weighted by Crippen LogP contribution is -2.30. The number of rotatable bonds is 9. The molecule has 0 spiro atoms. The Hall–Kier alpha value is -4.97. The molecule has 1 aliphatic heterocycles. The highest BCUT2D eigenvalue weighted by Crippen LogP contribution is 2.37. The number of imidazole rings is 1. The fourth-order valence-corrected chi connectivity index (χ4v) is 5.22. The molecular weight excluding hydrogens is 534 g/mol. The maximum Gasteiger partial charge on any atom is 0.319 e. The van der Waals surface area contributed by atoms with Gasteiger partial charge in [-0.2, -0.15) is 0 Å². The number of piperidine rings is 1. The van der Waals surface area contributed by atoms with Crippen LogP contribution in [-0.4, -0.2) is 50.6 Å². The number of anilines is 2. The molecule has 1 aliphatic rings. The molecule has 0 unspecified atom stereocenters. The van der Waals surface area contributed by atoms with Crippen molar-refractivity contribution in [3.05, 3.63) is 66.4 Å². The molecule has 0 saturated carbocycles. The number of carbonyl (C=O) groups is 1. The van der Waals surface area contributed by atoms with E-state index in [9.17, 15) is 4.79 Å². The van der Waals surface area contributed by atoms with Crippen LogP contribution in [0, 0.1) is 5.92 Å². The molecule has 1 fully saturated rings. The molecule has 2 aromatic carbocycles. The minimum Gasteiger partial charge on any atom is -0.489 e. The second kappa shape index (κ2) is 12.3. The van der Waals surface area contributed by atoms with Gasteiger partial charge in [-0.05, 0) is 66.8 Å². The fraction of sp³-hybridized carbons (Fsp3) is 0.300. The van der Waals surface area contributed by atoms with Crippen LogP contribution >= 0.6 is 0 Å². The number of nitrogens with two attached hydrogens (primary N) is 1. The summed E-state index contributed by atoms with van der Waals surface area (Å²) < 4.78 is 13.3. The van der Waals surface area contributed by atoms with Crippen molar-refractivity contribution in [2.45, 2.75) is 32.9 Å². The molecule has 4 heterocycles. The van der Waals surface area contributed by atoms with E-state index in [4.69, 9.17) is 25.1 Å². The average molecular weight is 568 g/mol. The molecule has 216 valence electrons. The van der Waals surface area contributed by atoms with Crippen molar-refractivity contribution >= 4 is 28.6 Å². The predicted molar refractivity (Wildman–Crippen MR) is 160 cm³/mol. The number of nitrogens with zero attached hydrogens (tertiary/aromatic N) is 5. The van der Waals surface area contributed by atoms with Crippen molar-refractivity contribution in [1.82, 2.24) is 35.5 Å². The lowest BCUT2D eigenvalue weighted by molar-refractivity contribution is 0.216. The van der Waals surface area contributed by atoms with Gasteiger partial charge in [0.2, 0.25) is 0 Å². The standard InChI is InChI=1S/C30H33N9O3/c1-2-39-27-23(41-18-20-11-13-32-14-12-20)17-33-24(25(27)36-29(39)26-28(31)38-42-37-26)21-9-6-10-22(15-21)35-30(40)34-16-19-7-4-3-5-8-19/h3-10,15,17,20,32H,2,11-14,16,18H2,1H3,(H2,31,38)(H2,34,35,40). The Bertz CT molecular complexity index is 1680. The molecule has 12 heteroatoms. The molecule has 0 aliphatic carbocycles. The lowest BCUT2D eigenvalue weighted by atomic mass is 9.99. The fourth-order valence-electron chi connectivity index (χ4n) is 5.22. The number of ether oxygens (including phenoxy) is 1. The van der Waals surface area contributed by atoms with E-state index in [1.807, 2.05) is 66.1 Å². The Morgan fingerprint density at radius 3 is 2.71 bits per heavy atom. The zero-order chi connectivity index (χ0) is 28.9. The van der Waals surface area contributed by atoms with E-state index < -0.39 is 0 Å². The van der Waals surface area contributed by atoms with Crippen LogP contribution in [-0.2, 0) is 13.1 Å². The second-order valence-corrected chi connectivity index (χ2v) is 10.2. The van der Waals surface area contributed by atoms with Crippen LogP contribution in [0.15, 0.2) is 65.4 Å². The zero-order valence-corrected chi connectivity index (χ0v) is 23.3. The molecule has 0 radical (unpaired) electrons. The number of aromatic nitrogens is 5. The SMILES string of the molecule is CCn1c(-c2nonc2N)nc2c(-c3cccc(NC(=O)NCc4ccccc4)c3)ncc(OCC3CCNCC3)c21. The third-order valence-electron chi connectivity index (χ3n) is 7.40. The van der Waals surface area contributed by atoms with E-state index in [1.165, 1.54) is 0 Å². The van der Waals surface area contributed by atoms with Crippen LogP contribution in [0.1, 0.15) is 25.3 Å². The van der Waals surface area contributed by atoms with Crippen LogP contribution in [0.2, 0.25) is 0 Å². The number of hydrogen-bond acceptors (Lipinski definition) is 9. The zero-order valence-electron chi connectivity index (χ0n) is 23.3. The van der Waals surface area contributed by atoms with Crippen molar-refractivity contribution in [2.24, 2.45) is 5.92 Å². The highest BCUT2D eigenvalue weighted by Gasteiger charge is 2.25. The van der Waals surface area contributed by atoms with Gasteiger partial charge in [0.1, 0.15) is 11.0 Å². The smallest absolute Gasteiger partial charge is 0.319 e. The van der Waals surface area contributed by atoms with Crippen molar-refractivity contribution in [3.8, 4) is 28.5 Å². The summed E-state index contributed by atoms with van der Waals surface area (Å²) in [6, 6.07) is 16.9. The van der Waals surface area contributed by atoms with E-state index in [0.29, 0.717) is 59.8 Å². The molecular formula is C30H33N9O3. The van der Waals surface area contributed by atoms with Gasteiger partial charge >= 0.3 is 6.03 Å². The molecule has 6 rings (SSSR count). The summed E-state index contributed by atoms with van der Waals surface area (Å²) in [5.74, 6) is 1.77. The first-order chi connectivity index (χ1) is 20.6. The first-order valence-electron chi connectivity index (χ1n) is 14.1. The van der Waals surface area contributed by atoms with Crippen LogP contribution in [0.3, 0.4) is 0 Å². The van der Waals surface area contributed by atoms with Crippen LogP contribution in [0.4, 0.5) is 16.3 Å². The molecule has 42 heavy (non-hydrogen) atoms. The summed E-state index contributed by atoms with van der Waals surface area (Å²) in [5.41, 5.74) is 10.9. The Morgan fingerprint density at radius 2 is 1.95 bits per heavy atom. The van der Waals surface area contributed by atoms with E-state index in [-0.39, 0.29) is 11.8 Å². The number of nitrogens with one attached hydrogen (secondary N) is 3. The van der Waals surface area contributed by atoms with E-state index in [2.05, 4.69) is 26.3 Å². The third-order valence-corrected chi connectivity index (χ3v) is 7.40. The van der Waals surface area contributed by atoms with Gasteiger partial charge in [0.15, 0.2) is 23.1 Å². The summed E-state index contributed by atoms with van der Waals surface area (Å²) in [4.78, 5) is 22.4. The maximum absolute atomic E-state index is 12.6. The summed E-state index contributed by atoms with van der Waals surface area (Å²) in [7, 11) is 0. The number of amides is 2. The van der Waals surface area contributed by atoms with E-state index >= 15 is 0 Å². The number of fused-ring (bicyclic) bond motifs is 1. The Labute approximate surface area is 242 Å². The van der Waals surface area contributed by atoms with E-state index in [1.54, 1.807) is 6.20 Å². The van der Waals surface area contributed by atoms with Crippen LogP contribution in [0.25, 0.3) is 33.8 Å². The van der Waals surface area contributed by atoms with Gasteiger partial charge in [-0.1, -0.05) is 42.5 Å². The van der Waals surface area contributed by atoms with E-state index in [0.717, 1.165) is 42.6 Å². The number of hydrogen-bond donors (Lipinski definition) is 4. The van der Waals surface area contributed by atoms with Gasteiger partial charge in [-0.3, -0.25) is 0 Å². The molecule has 0 atom stereocenters. The minimum absolute atomic E-state index is 0.152. The number of aryl methyl sites for hydroxylation is 1. The van der Waals surface area contributed by atoms with Crippen LogP contribution in [0.5, 0.6) is 5.75 Å². The topological polar surface area (TPSA) is 158 Å². The number of carbonyl (C=O) groups excluding carboxylic acids is 1. The van der Waals surface area contributed by atoms with Crippen molar-refractivity contribution in [1.29, 1.82) is 0 Å².